The van der Waals surface area contributed by atoms with E-state index in [0.29, 0.717) is 12.0 Å². The molecule has 1 aromatic rings. The molecule has 0 spiro atoms. The van der Waals surface area contributed by atoms with E-state index in [4.69, 9.17) is 0 Å². The fourth-order valence-electron chi connectivity index (χ4n) is 2.82. The zero-order chi connectivity index (χ0) is 13.8. The van der Waals surface area contributed by atoms with Crippen LogP contribution in [-0.4, -0.2) is 18.3 Å². The van der Waals surface area contributed by atoms with E-state index in [0.717, 1.165) is 28.4 Å². The van der Waals surface area contributed by atoms with E-state index >= 15 is 0 Å². The van der Waals surface area contributed by atoms with Crippen LogP contribution in [0.25, 0.3) is 0 Å². The van der Waals surface area contributed by atoms with Crippen molar-refractivity contribution < 1.29 is 0 Å². The van der Waals surface area contributed by atoms with Crippen molar-refractivity contribution in [1.82, 2.24) is 0 Å². The lowest BCUT2D eigenvalue weighted by Gasteiger charge is -2.40. The lowest BCUT2D eigenvalue weighted by Crippen LogP contribution is -2.42. The first-order chi connectivity index (χ1) is 9.19. The number of benzene rings is 1. The molecule has 3 heteroatoms. The molecule has 2 nitrogen and oxygen atoms in total. The van der Waals surface area contributed by atoms with Crippen molar-refractivity contribution in [3.63, 3.8) is 0 Å². The Morgan fingerprint density at radius 3 is 2.89 bits per heavy atom. The number of hydrogen-bond donors (Lipinski definition) is 0. The van der Waals surface area contributed by atoms with Gasteiger partial charge in [-0.2, -0.15) is 5.26 Å². The van der Waals surface area contributed by atoms with Gasteiger partial charge in [0.15, 0.2) is 0 Å². The van der Waals surface area contributed by atoms with Crippen molar-refractivity contribution in [3.05, 3.63) is 23.8 Å². The van der Waals surface area contributed by atoms with Gasteiger partial charge < -0.3 is 4.90 Å². The summed E-state index contributed by atoms with van der Waals surface area (Å²) in [6.07, 6.45) is 2.52. The average molecular weight is 274 g/mol. The summed E-state index contributed by atoms with van der Waals surface area (Å²) in [5.74, 6) is 1.70. The number of nitrogens with zero attached hydrogens (tertiary/aromatic N) is 2. The highest BCUT2D eigenvalue weighted by molar-refractivity contribution is 7.99. The summed E-state index contributed by atoms with van der Waals surface area (Å²) in [5.41, 5.74) is 1.98. The largest absolute Gasteiger partial charge is 0.367 e. The molecule has 1 aliphatic rings. The number of anilines is 1. The van der Waals surface area contributed by atoms with Gasteiger partial charge in [-0.1, -0.05) is 19.9 Å². The molecule has 0 amide bonds. The lowest BCUT2D eigenvalue weighted by molar-refractivity contribution is 0.363. The van der Waals surface area contributed by atoms with Gasteiger partial charge in [-0.3, -0.25) is 0 Å². The van der Waals surface area contributed by atoms with Crippen LogP contribution in [0.3, 0.4) is 0 Å². The van der Waals surface area contributed by atoms with Gasteiger partial charge in [0.2, 0.25) is 0 Å². The first-order valence-electron chi connectivity index (χ1n) is 7.11. The summed E-state index contributed by atoms with van der Waals surface area (Å²) in [6, 6.07) is 9.19. The molecule has 2 unspecified atom stereocenters. The summed E-state index contributed by atoms with van der Waals surface area (Å²) in [4.78, 5) is 3.54. The van der Waals surface area contributed by atoms with Crippen LogP contribution < -0.4 is 4.90 Å². The third-order valence-corrected chi connectivity index (χ3v) is 5.04. The van der Waals surface area contributed by atoms with Crippen molar-refractivity contribution >= 4 is 17.4 Å². The second-order valence-corrected chi connectivity index (χ2v) is 6.55. The van der Waals surface area contributed by atoms with Gasteiger partial charge in [0.05, 0.1) is 11.3 Å². The Morgan fingerprint density at radius 2 is 2.21 bits per heavy atom. The van der Waals surface area contributed by atoms with E-state index in [1.807, 2.05) is 0 Å². The lowest BCUT2D eigenvalue weighted by atomic mass is 9.91. The molecule has 0 radical (unpaired) electrons. The van der Waals surface area contributed by atoms with Gasteiger partial charge in [-0.25, -0.2) is 0 Å². The molecular weight excluding hydrogens is 252 g/mol. The first kappa shape index (κ1) is 14.3. The molecule has 1 aliphatic heterocycles. The topological polar surface area (TPSA) is 27.0 Å². The van der Waals surface area contributed by atoms with Gasteiger partial charge in [0, 0.05) is 17.5 Å². The molecule has 1 saturated heterocycles. The van der Waals surface area contributed by atoms with Crippen LogP contribution in [-0.2, 0) is 0 Å². The second kappa shape index (κ2) is 6.34. The van der Waals surface area contributed by atoms with Crippen molar-refractivity contribution in [3.8, 4) is 6.07 Å². The van der Waals surface area contributed by atoms with E-state index in [2.05, 4.69) is 49.9 Å². The zero-order valence-electron chi connectivity index (χ0n) is 12.0. The Morgan fingerprint density at radius 1 is 1.42 bits per heavy atom. The Labute approximate surface area is 120 Å². The molecule has 2 rings (SSSR count). The van der Waals surface area contributed by atoms with E-state index < -0.39 is 0 Å². The van der Waals surface area contributed by atoms with Crippen LogP contribution in [0.5, 0.6) is 0 Å². The summed E-state index contributed by atoms with van der Waals surface area (Å²) >= 11 is 1.76. The third kappa shape index (κ3) is 2.90. The minimum absolute atomic E-state index is 0.516. The molecule has 1 aromatic carbocycles. The number of rotatable bonds is 3. The molecule has 0 aliphatic carbocycles. The fourth-order valence-corrected chi connectivity index (χ4v) is 3.60. The minimum Gasteiger partial charge on any atom is -0.367 e. The summed E-state index contributed by atoms with van der Waals surface area (Å²) in [7, 11) is 0. The maximum absolute atomic E-state index is 9.52. The van der Waals surface area contributed by atoms with Crippen LogP contribution in [0.1, 0.15) is 39.2 Å². The van der Waals surface area contributed by atoms with Gasteiger partial charge >= 0.3 is 0 Å². The van der Waals surface area contributed by atoms with Crippen LogP contribution in [0.2, 0.25) is 0 Å². The van der Waals surface area contributed by atoms with Crippen LogP contribution in [0.4, 0.5) is 5.69 Å². The molecule has 2 atom stereocenters. The standard InChI is InChI=1S/C16H22N2S/c1-4-19-16-9-5-8-15(14(16)11-17)18-10-6-7-12(2)13(18)3/h5,8-9,12-13H,4,6-7,10H2,1-3H3. The molecule has 19 heavy (non-hydrogen) atoms. The van der Waals surface area contributed by atoms with Crippen molar-refractivity contribution in [2.75, 3.05) is 17.2 Å². The highest BCUT2D eigenvalue weighted by Crippen LogP contribution is 2.34. The molecule has 1 heterocycles. The molecule has 0 bridgehead atoms. The SMILES string of the molecule is CCSc1cccc(N2CCCC(C)C2C)c1C#N. The predicted octanol–water partition coefficient (Wildman–Crippen LogP) is 4.30. The van der Waals surface area contributed by atoms with Gasteiger partial charge in [-0.05, 0) is 43.6 Å². The number of hydrogen-bond acceptors (Lipinski definition) is 3. The molecule has 102 valence electrons. The van der Waals surface area contributed by atoms with Gasteiger partial charge in [-0.15, -0.1) is 11.8 Å². The highest BCUT2D eigenvalue weighted by Gasteiger charge is 2.26. The van der Waals surface area contributed by atoms with Crippen molar-refractivity contribution in [1.29, 1.82) is 5.26 Å². The van der Waals surface area contributed by atoms with Gasteiger partial charge in [0.1, 0.15) is 6.07 Å². The van der Waals surface area contributed by atoms with E-state index in [1.54, 1.807) is 11.8 Å². The Kier molecular flexibility index (Phi) is 4.76. The van der Waals surface area contributed by atoms with Crippen molar-refractivity contribution in [2.45, 2.75) is 44.6 Å². The van der Waals surface area contributed by atoms with Crippen LogP contribution >= 0.6 is 11.8 Å². The van der Waals surface area contributed by atoms with Crippen LogP contribution in [0.15, 0.2) is 23.1 Å². The molecular formula is C16H22N2S. The maximum Gasteiger partial charge on any atom is 0.103 e. The van der Waals surface area contributed by atoms with E-state index in [1.165, 1.54) is 12.8 Å². The number of thioether (sulfide) groups is 1. The van der Waals surface area contributed by atoms with E-state index in [9.17, 15) is 5.26 Å². The Balaban J connectivity index is 2.39. The minimum atomic E-state index is 0.516. The molecule has 0 N–H and O–H groups in total. The second-order valence-electron chi connectivity index (χ2n) is 5.25. The Bertz CT molecular complexity index is 478. The van der Waals surface area contributed by atoms with Crippen molar-refractivity contribution in [2.24, 2.45) is 5.92 Å². The number of piperidine rings is 1. The monoisotopic (exact) mass is 274 g/mol. The van der Waals surface area contributed by atoms with Crippen LogP contribution in [0, 0.1) is 17.2 Å². The smallest absolute Gasteiger partial charge is 0.103 e. The zero-order valence-corrected chi connectivity index (χ0v) is 12.8. The van der Waals surface area contributed by atoms with Gasteiger partial charge in [0.25, 0.3) is 0 Å². The normalized spacial score (nSPS) is 23.2. The highest BCUT2D eigenvalue weighted by atomic mass is 32.2. The fraction of sp³-hybridized carbons (Fsp3) is 0.562. The molecule has 1 fully saturated rings. The quantitative estimate of drug-likeness (QED) is 0.769. The summed E-state index contributed by atoms with van der Waals surface area (Å²) < 4.78 is 0. The average Bonchev–Trinajstić information content (AvgIpc) is 2.42. The number of nitriles is 1. The predicted molar refractivity (Wildman–Crippen MR) is 82.8 cm³/mol. The molecule has 0 saturated carbocycles. The summed E-state index contributed by atoms with van der Waals surface area (Å²) in [6.45, 7) is 7.79. The Hall–Kier alpha value is -1.14. The molecule has 0 aromatic heterocycles. The van der Waals surface area contributed by atoms with E-state index in [-0.39, 0.29) is 0 Å². The third-order valence-electron chi connectivity index (χ3n) is 4.10. The first-order valence-corrected chi connectivity index (χ1v) is 8.10. The maximum atomic E-state index is 9.52. The summed E-state index contributed by atoms with van der Waals surface area (Å²) in [5, 5.41) is 9.52.